The van der Waals surface area contributed by atoms with Gasteiger partial charge in [0.15, 0.2) is 0 Å². The fourth-order valence-corrected chi connectivity index (χ4v) is 1.66. The monoisotopic (exact) mass is 225 g/mol. The highest BCUT2D eigenvalue weighted by Gasteiger charge is 2.17. The lowest BCUT2D eigenvalue weighted by Crippen LogP contribution is -2.36. The Kier molecular flexibility index (Phi) is 3.18. The maximum atomic E-state index is 11.7. The van der Waals surface area contributed by atoms with Gasteiger partial charge in [-0.05, 0) is 25.1 Å². The first kappa shape index (κ1) is 10.4. The molecule has 2 N–H and O–H groups in total. The third kappa shape index (κ3) is 2.67. The van der Waals surface area contributed by atoms with Crippen LogP contribution in [0.1, 0.15) is 16.9 Å². The van der Waals surface area contributed by atoms with Crippen molar-refractivity contribution in [2.75, 3.05) is 13.1 Å². The van der Waals surface area contributed by atoms with E-state index in [-0.39, 0.29) is 11.9 Å². The van der Waals surface area contributed by atoms with Crippen molar-refractivity contribution in [2.24, 2.45) is 0 Å². The molecule has 4 nitrogen and oxygen atoms in total. The smallest absolute Gasteiger partial charge is 0.270 e. The number of aromatic nitrogens is 1. The van der Waals surface area contributed by atoms with Crippen molar-refractivity contribution in [3.8, 4) is 0 Å². The Hall–Kier alpha value is -1.13. The van der Waals surface area contributed by atoms with E-state index >= 15 is 0 Å². The number of carbonyl (C=O) groups is 1. The van der Waals surface area contributed by atoms with Gasteiger partial charge in [0.05, 0.1) is 5.02 Å². The van der Waals surface area contributed by atoms with Crippen LogP contribution in [0.3, 0.4) is 0 Å². The SMILES string of the molecule is O=C(N[C@@H]1CCNC1)c1ccc(Cl)cn1. The summed E-state index contributed by atoms with van der Waals surface area (Å²) in [6, 6.07) is 3.51. The van der Waals surface area contributed by atoms with E-state index in [9.17, 15) is 4.79 Å². The third-order valence-electron chi connectivity index (χ3n) is 2.36. The van der Waals surface area contributed by atoms with E-state index in [1.807, 2.05) is 0 Å². The number of carbonyl (C=O) groups excluding carboxylic acids is 1. The molecule has 1 aromatic rings. The summed E-state index contributed by atoms with van der Waals surface area (Å²) >= 11 is 5.68. The van der Waals surface area contributed by atoms with Crippen LogP contribution in [0.2, 0.25) is 5.02 Å². The first-order chi connectivity index (χ1) is 7.25. The van der Waals surface area contributed by atoms with Crippen LogP contribution in [0, 0.1) is 0 Å². The highest BCUT2D eigenvalue weighted by atomic mass is 35.5. The zero-order valence-corrected chi connectivity index (χ0v) is 8.92. The van der Waals surface area contributed by atoms with Crippen molar-refractivity contribution in [1.82, 2.24) is 15.6 Å². The Morgan fingerprint density at radius 3 is 3.07 bits per heavy atom. The molecule has 0 spiro atoms. The van der Waals surface area contributed by atoms with Crippen molar-refractivity contribution >= 4 is 17.5 Å². The summed E-state index contributed by atoms with van der Waals surface area (Å²) < 4.78 is 0. The summed E-state index contributed by atoms with van der Waals surface area (Å²) in [5.74, 6) is -0.139. The van der Waals surface area contributed by atoms with Crippen molar-refractivity contribution in [1.29, 1.82) is 0 Å². The highest BCUT2D eigenvalue weighted by Crippen LogP contribution is 2.06. The van der Waals surface area contributed by atoms with Crippen LogP contribution in [0.5, 0.6) is 0 Å². The standard InChI is InChI=1S/C10H12ClN3O/c11-7-1-2-9(13-5-7)10(15)14-8-3-4-12-6-8/h1-2,5,8,12H,3-4,6H2,(H,14,15)/t8-/m1/s1. The molecule has 1 saturated heterocycles. The quantitative estimate of drug-likeness (QED) is 0.784. The van der Waals surface area contributed by atoms with Crippen molar-refractivity contribution in [3.05, 3.63) is 29.0 Å². The first-order valence-electron chi connectivity index (χ1n) is 4.89. The summed E-state index contributed by atoms with van der Waals surface area (Å²) in [5, 5.41) is 6.63. The Morgan fingerprint density at radius 2 is 2.47 bits per heavy atom. The molecule has 0 aromatic carbocycles. The van der Waals surface area contributed by atoms with Crippen LogP contribution in [0.25, 0.3) is 0 Å². The maximum absolute atomic E-state index is 11.7. The Bertz CT molecular complexity index is 346. The fraction of sp³-hybridized carbons (Fsp3) is 0.400. The zero-order chi connectivity index (χ0) is 10.7. The van der Waals surface area contributed by atoms with Gasteiger partial charge in [0, 0.05) is 18.8 Å². The molecule has 1 aliphatic rings. The van der Waals surface area contributed by atoms with Crippen LogP contribution in [-0.4, -0.2) is 30.0 Å². The van der Waals surface area contributed by atoms with E-state index in [0.29, 0.717) is 10.7 Å². The predicted molar refractivity (Wildman–Crippen MR) is 58.0 cm³/mol. The van der Waals surface area contributed by atoms with Gasteiger partial charge in [-0.15, -0.1) is 0 Å². The lowest BCUT2D eigenvalue weighted by molar-refractivity contribution is 0.0935. The number of amides is 1. The van der Waals surface area contributed by atoms with Gasteiger partial charge in [0.2, 0.25) is 0 Å². The average molecular weight is 226 g/mol. The molecule has 2 heterocycles. The normalized spacial score (nSPS) is 20.2. The second kappa shape index (κ2) is 4.59. The van der Waals surface area contributed by atoms with E-state index in [1.54, 1.807) is 12.1 Å². The molecule has 15 heavy (non-hydrogen) atoms. The number of rotatable bonds is 2. The van der Waals surface area contributed by atoms with Crippen LogP contribution in [0.4, 0.5) is 0 Å². The van der Waals surface area contributed by atoms with Gasteiger partial charge in [-0.25, -0.2) is 4.98 Å². The van der Waals surface area contributed by atoms with Gasteiger partial charge in [-0.1, -0.05) is 11.6 Å². The van der Waals surface area contributed by atoms with Gasteiger partial charge >= 0.3 is 0 Å². The molecule has 1 amide bonds. The Labute approximate surface area is 93.0 Å². The molecule has 2 rings (SSSR count). The summed E-state index contributed by atoms with van der Waals surface area (Å²) in [7, 11) is 0. The minimum Gasteiger partial charge on any atom is -0.347 e. The lowest BCUT2D eigenvalue weighted by Gasteiger charge is -2.10. The summed E-state index contributed by atoms with van der Waals surface area (Å²) in [6.07, 6.45) is 2.45. The molecule has 1 aromatic heterocycles. The summed E-state index contributed by atoms with van der Waals surface area (Å²) in [6.45, 7) is 1.79. The minimum atomic E-state index is -0.139. The molecule has 0 bridgehead atoms. The largest absolute Gasteiger partial charge is 0.347 e. The molecule has 1 aliphatic heterocycles. The van der Waals surface area contributed by atoms with Gasteiger partial charge < -0.3 is 10.6 Å². The molecule has 0 unspecified atom stereocenters. The predicted octanol–water partition coefficient (Wildman–Crippen LogP) is 0.827. The van der Waals surface area contributed by atoms with Gasteiger partial charge in [-0.2, -0.15) is 0 Å². The molecule has 5 heteroatoms. The first-order valence-corrected chi connectivity index (χ1v) is 5.26. The number of nitrogens with one attached hydrogen (secondary N) is 2. The maximum Gasteiger partial charge on any atom is 0.270 e. The second-order valence-electron chi connectivity index (χ2n) is 3.52. The Balaban J connectivity index is 1.98. The van der Waals surface area contributed by atoms with Gasteiger partial charge in [0.1, 0.15) is 5.69 Å². The van der Waals surface area contributed by atoms with Gasteiger partial charge in [-0.3, -0.25) is 4.79 Å². The summed E-state index contributed by atoms with van der Waals surface area (Å²) in [4.78, 5) is 15.6. The van der Waals surface area contributed by atoms with E-state index < -0.39 is 0 Å². The Morgan fingerprint density at radius 1 is 1.60 bits per heavy atom. The molecular weight excluding hydrogens is 214 g/mol. The van der Waals surface area contributed by atoms with E-state index in [0.717, 1.165) is 19.5 Å². The third-order valence-corrected chi connectivity index (χ3v) is 2.58. The fourth-order valence-electron chi connectivity index (χ4n) is 1.55. The minimum absolute atomic E-state index is 0.139. The summed E-state index contributed by atoms with van der Waals surface area (Å²) in [5.41, 5.74) is 0.409. The molecule has 0 aliphatic carbocycles. The number of halogens is 1. The average Bonchev–Trinajstić information content (AvgIpc) is 2.71. The van der Waals surface area contributed by atoms with E-state index in [2.05, 4.69) is 15.6 Å². The van der Waals surface area contributed by atoms with Crippen LogP contribution in [0.15, 0.2) is 18.3 Å². The molecule has 80 valence electrons. The van der Waals surface area contributed by atoms with E-state index in [1.165, 1.54) is 6.20 Å². The van der Waals surface area contributed by atoms with Crippen LogP contribution >= 0.6 is 11.6 Å². The molecule has 1 atom stereocenters. The van der Waals surface area contributed by atoms with Crippen LogP contribution < -0.4 is 10.6 Å². The van der Waals surface area contributed by atoms with Crippen molar-refractivity contribution in [2.45, 2.75) is 12.5 Å². The molecule has 0 radical (unpaired) electrons. The molecular formula is C10H12ClN3O. The van der Waals surface area contributed by atoms with Crippen LogP contribution in [-0.2, 0) is 0 Å². The number of hydrogen-bond acceptors (Lipinski definition) is 3. The topological polar surface area (TPSA) is 54.0 Å². The number of pyridine rings is 1. The van der Waals surface area contributed by atoms with Crippen molar-refractivity contribution in [3.63, 3.8) is 0 Å². The zero-order valence-electron chi connectivity index (χ0n) is 8.16. The van der Waals surface area contributed by atoms with Gasteiger partial charge in [0.25, 0.3) is 5.91 Å². The molecule has 1 fully saturated rings. The second-order valence-corrected chi connectivity index (χ2v) is 3.96. The van der Waals surface area contributed by atoms with Crippen molar-refractivity contribution < 1.29 is 4.79 Å². The lowest BCUT2D eigenvalue weighted by atomic mass is 10.2. The van der Waals surface area contributed by atoms with E-state index in [4.69, 9.17) is 11.6 Å². The molecule has 0 saturated carbocycles. The number of nitrogens with zero attached hydrogens (tertiary/aromatic N) is 1. The highest BCUT2D eigenvalue weighted by molar-refractivity contribution is 6.30. The number of hydrogen-bond donors (Lipinski definition) is 2.